The lowest BCUT2D eigenvalue weighted by Crippen LogP contribution is -2.40. The molecule has 0 atom stereocenters. The number of thiazole rings is 1. The van der Waals surface area contributed by atoms with Crippen LogP contribution in [0.1, 0.15) is 40.1 Å². The molecule has 6 nitrogen and oxygen atoms in total. The van der Waals surface area contributed by atoms with Crippen LogP contribution < -0.4 is 0 Å². The Balaban J connectivity index is 1.95. The Morgan fingerprint density at radius 3 is 2.74 bits per heavy atom. The van der Waals surface area contributed by atoms with Gasteiger partial charge in [-0.15, -0.1) is 11.3 Å². The minimum Gasteiger partial charge on any atom is -0.476 e. The molecule has 2 heterocycles. The van der Waals surface area contributed by atoms with Crippen molar-refractivity contribution in [2.75, 3.05) is 19.7 Å². The summed E-state index contributed by atoms with van der Waals surface area (Å²) in [6, 6.07) is 0. The average Bonchev–Trinajstić information content (AvgIpc) is 2.89. The standard InChI is InChI=1S/C12H16N2O4S/c1-2-18-8-3-5-14(6-4-8)11(15)10-13-9(7-19-10)12(16)17/h7-8H,2-6H2,1H3,(H,16,17). The van der Waals surface area contributed by atoms with Gasteiger partial charge in [0.25, 0.3) is 5.91 Å². The van der Waals surface area contributed by atoms with E-state index >= 15 is 0 Å². The van der Waals surface area contributed by atoms with Crippen molar-refractivity contribution in [3.05, 3.63) is 16.1 Å². The predicted octanol–water partition coefficient (Wildman–Crippen LogP) is 1.48. The number of hydrogen-bond acceptors (Lipinski definition) is 5. The van der Waals surface area contributed by atoms with Crippen molar-refractivity contribution >= 4 is 23.2 Å². The highest BCUT2D eigenvalue weighted by Gasteiger charge is 2.26. The molecule has 0 aromatic carbocycles. The third-order valence-corrected chi connectivity index (χ3v) is 3.87. The zero-order chi connectivity index (χ0) is 13.8. The van der Waals surface area contributed by atoms with E-state index in [4.69, 9.17) is 9.84 Å². The molecule has 7 heteroatoms. The first-order chi connectivity index (χ1) is 9.11. The molecular formula is C12H16N2O4S. The van der Waals surface area contributed by atoms with Gasteiger partial charge in [-0.3, -0.25) is 4.79 Å². The second-order valence-corrected chi connectivity index (χ2v) is 5.15. The van der Waals surface area contributed by atoms with Gasteiger partial charge >= 0.3 is 5.97 Å². The summed E-state index contributed by atoms with van der Waals surface area (Å²) >= 11 is 1.08. The Morgan fingerprint density at radius 2 is 2.21 bits per heavy atom. The lowest BCUT2D eigenvalue weighted by atomic mass is 10.1. The molecule has 0 unspecified atom stereocenters. The maximum absolute atomic E-state index is 12.1. The van der Waals surface area contributed by atoms with Crippen LogP contribution in [-0.4, -0.2) is 52.7 Å². The Hall–Kier alpha value is -1.47. The Labute approximate surface area is 115 Å². The van der Waals surface area contributed by atoms with Crippen LogP contribution in [0.2, 0.25) is 0 Å². The molecular weight excluding hydrogens is 268 g/mol. The zero-order valence-corrected chi connectivity index (χ0v) is 11.5. The molecule has 1 N–H and O–H groups in total. The molecule has 0 spiro atoms. The van der Waals surface area contributed by atoms with Crippen molar-refractivity contribution in [1.29, 1.82) is 0 Å². The smallest absolute Gasteiger partial charge is 0.355 e. The van der Waals surface area contributed by atoms with E-state index in [0.29, 0.717) is 19.7 Å². The zero-order valence-electron chi connectivity index (χ0n) is 10.7. The van der Waals surface area contributed by atoms with E-state index in [1.807, 2.05) is 6.92 Å². The summed E-state index contributed by atoms with van der Waals surface area (Å²) in [5.41, 5.74) is -0.0717. The number of carboxylic acid groups (broad SMARTS) is 1. The normalized spacial score (nSPS) is 16.6. The molecule has 0 radical (unpaired) electrons. The molecule has 2 rings (SSSR count). The Kier molecular flexibility index (Phi) is 4.49. The summed E-state index contributed by atoms with van der Waals surface area (Å²) in [7, 11) is 0. The predicted molar refractivity (Wildman–Crippen MR) is 69.6 cm³/mol. The van der Waals surface area contributed by atoms with E-state index in [0.717, 1.165) is 24.2 Å². The highest BCUT2D eigenvalue weighted by atomic mass is 32.1. The molecule has 1 aromatic rings. The Bertz CT molecular complexity index is 466. The van der Waals surface area contributed by atoms with Gasteiger partial charge in [-0.1, -0.05) is 0 Å². The quantitative estimate of drug-likeness (QED) is 0.906. The first-order valence-electron chi connectivity index (χ1n) is 6.21. The SMILES string of the molecule is CCOC1CCN(C(=O)c2nc(C(=O)O)cs2)CC1. The van der Waals surface area contributed by atoms with Gasteiger partial charge in [0.2, 0.25) is 0 Å². The minimum atomic E-state index is -1.11. The van der Waals surface area contributed by atoms with Gasteiger partial charge in [0.05, 0.1) is 6.10 Å². The average molecular weight is 284 g/mol. The number of nitrogens with zero attached hydrogens (tertiary/aromatic N) is 2. The maximum Gasteiger partial charge on any atom is 0.355 e. The monoisotopic (exact) mass is 284 g/mol. The number of amides is 1. The summed E-state index contributed by atoms with van der Waals surface area (Å²) in [4.78, 5) is 28.4. The number of likely N-dealkylation sites (tertiary alicyclic amines) is 1. The number of carbonyl (C=O) groups is 2. The fourth-order valence-corrected chi connectivity index (χ4v) is 2.82. The van der Waals surface area contributed by atoms with Gasteiger partial charge < -0.3 is 14.7 Å². The van der Waals surface area contributed by atoms with E-state index in [9.17, 15) is 9.59 Å². The first kappa shape index (κ1) is 14.0. The van der Waals surface area contributed by atoms with Gasteiger partial charge in [0.15, 0.2) is 10.7 Å². The van der Waals surface area contributed by atoms with Crippen LogP contribution in [0.3, 0.4) is 0 Å². The van der Waals surface area contributed by atoms with Crippen molar-refractivity contribution in [2.24, 2.45) is 0 Å². The summed E-state index contributed by atoms with van der Waals surface area (Å²) in [5, 5.41) is 10.4. The molecule has 1 fully saturated rings. The van der Waals surface area contributed by atoms with Crippen molar-refractivity contribution in [1.82, 2.24) is 9.88 Å². The number of aromatic carboxylic acids is 1. The van der Waals surface area contributed by atoms with E-state index in [2.05, 4.69) is 4.98 Å². The summed E-state index contributed by atoms with van der Waals surface area (Å²) in [5.74, 6) is -1.29. The number of carbonyl (C=O) groups excluding carboxylic acids is 1. The highest BCUT2D eigenvalue weighted by Crippen LogP contribution is 2.18. The van der Waals surface area contributed by atoms with Crippen LogP contribution in [0.25, 0.3) is 0 Å². The number of piperidine rings is 1. The van der Waals surface area contributed by atoms with Gasteiger partial charge in [0, 0.05) is 25.1 Å². The number of hydrogen-bond donors (Lipinski definition) is 1. The largest absolute Gasteiger partial charge is 0.476 e. The van der Waals surface area contributed by atoms with Crippen LogP contribution in [0.4, 0.5) is 0 Å². The first-order valence-corrected chi connectivity index (χ1v) is 7.09. The molecule has 1 aromatic heterocycles. The number of ether oxygens (including phenoxy) is 1. The summed E-state index contributed by atoms with van der Waals surface area (Å²) < 4.78 is 5.52. The van der Waals surface area contributed by atoms with Crippen LogP contribution in [0.5, 0.6) is 0 Å². The lowest BCUT2D eigenvalue weighted by molar-refractivity contribution is 0.0146. The second kappa shape index (κ2) is 6.12. The van der Waals surface area contributed by atoms with Crippen molar-refractivity contribution in [3.63, 3.8) is 0 Å². The fourth-order valence-electron chi connectivity index (χ4n) is 2.07. The third kappa shape index (κ3) is 3.30. The molecule has 19 heavy (non-hydrogen) atoms. The topological polar surface area (TPSA) is 79.7 Å². The minimum absolute atomic E-state index is 0.0717. The van der Waals surface area contributed by atoms with Gasteiger partial charge in [0.1, 0.15) is 0 Å². The highest BCUT2D eigenvalue weighted by molar-refractivity contribution is 7.11. The van der Waals surface area contributed by atoms with E-state index < -0.39 is 5.97 Å². The third-order valence-electron chi connectivity index (χ3n) is 3.04. The van der Waals surface area contributed by atoms with Gasteiger partial charge in [-0.25, -0.2) is 9.78 Å². The lowest BCUT2D eigenvalue weighted by Gasteiger charge is -2.31. The molecule has 0 bridgehead atoms. The second-order valence-electron chi connectivity index (χ2n) is 4.29. The van der Waals surface area contributed by atoms with E-state index in [-0.39, 0.29) is 22.7 Å². The molecule has 0 saturated carbocycles. The molecule has 0 aliphatic carbocycles. The van der Waals surface area contributed by atoms with Crippen LogP contribution in [0, 0.1) is 0 Å². The summed E-state index contributed by atoms with van der Waals surface area (Å²) in [6.45, 7) is 3.91. The number of rotatable bonds is 4. The van der Waals surface area contributed by atoms with Crippen LogP contribution >= 0.6 is 11.3 Å². The number of aromatic nitrogens is 1. The maximum atomic E-state index is 12.1. The molecule has 1 aliphatic heterocycles. The van der Waals surface area contributed by atoms with Crippen molar-refractivity contribution in [3.8, 4) is 0 Å². The number of carboxylic acids is 1. The Morgan fingerprint density at radius 1 is 1.53 bits per heavy atom. The molecule has 1 aliphatic rings. The van der Waals surface area contributed by atoms with Crippen LogP contribution in [-0.2, 0) is 4.74 Å². The van der Waals surface area contributed by atoms with Crippen LogP contribution in [0.15, 0.2) is 5.38 Å². The summed E-state index contributed by atoms with van der Waals surface area (Å²) in [6.07, 6.45) is 1.85. The van der Waals surface area contributed by atoms with Gasteiger partial charge in [-0.05, 0) is 19.8 Å². The van der Waals surface area contributed by atoms with Crippen molar-refractivity contribution in [2.45, 2.75) is 25.9 Å². The molecule has 104 valence electrons. The van der Waals surface area contributed by atoms with Gasteiger partial charge in [-0.2, -0.15) is 0 Å². The van der Waals surface area contributed by atoms with E-state index in [1.165, 1.54) is 5.38 Å². The molecule has 1 saturated heterocycles. The van der Waals surface area contributed by atoms with E-state index in [1.54, 1.807) is 4.90 Å². The fraction of sp³-hybridized carbons (Fsp3) is 0.583. The molecule has 1 amide bonds. The van der Waals surface area contributed by atoms with Crippen molar-refractivity contribution < 1.29 is 19.4 Å².